The predicted octanol–water partition coefficient (Wildman–Crippen LogP) is 1.55. The molecule has 2 rings (SSSR count). The van der Waals surface area contributed by atoms with E-state index in [9.17, 15) is 4.79 Å². The molecule has 0 bridgehead atoms. The average Bonchev–Trinajstić information content (AvgIpc) is 2.84. The number of amides is 1. The Morgan fingerprint density at radius 3 is 3.00 bits per heavy atom. The summed E-state index contributed by atoms with van der Waals surface area (Å²) in [4.78, 5) is 11.0. The molecular formula is C14H20N2O2. The lowest BCUT2D eigenvalue weighted by Crippen LogP contribution is -2.27. The maximum atomic E-state index is 11.0. The van der Waals surface area contributed by atoms with Crippen LogP contribution in [0.2, 0.25) is 0 Å². The van der Waals surface area contributed by atoms with Crippen LogP contribution in [-0.2, 0) is 16.0 Å². The summed E-state index contributed by atoms with van der Waals surface area (Å²) in [7, 11) is 0. The Kier molecular flexibility index (Phi) is 4.20. The van der Waals surface area contributed by atoms with E-state index in [-0.39, 0.29) is 12.3 Å². The highest BCUT2D eigenvalue weighted by atomic mass is 16.5. The van der Waals surface area contributed by atoms with Crippen LogP contribution in [0, 0.1) is 5.92 Å². The van der Waals surface area contributed by atoms with Gasteiger partial charge in [0.2, 0.25) is 5.91 Å². The first kappa shape index (κ1) is 12.9. The number of primary amides is 1. The number of nitrogens with one attached hydrogen (secondary N) is 1. The molecule has 1 fully saturated rings. The normalized spacial score (nSPS) is 20.6. The standard InChI is InChI=1S/C14H20N2O2/c1-10(12-6-7-18-9-12)16-13-5-3-2-4-11(13)8-14(15)17/h2-5,10,12,16H,6-9H2,1H3,(H2,15,17). The van der Waals surface area contributed by atoms with Gasteiger partial charge >= 0.3 is 0 Å². The van der Waals surface area contributed by atoms with Crippen molar-refractivity contribution in [2.24, 2.45) is 11.7 Å². The number of nitrogens with two attached hydrogens (primary N) is 1. The zero-order valence-corrected chi connectivity index (χ0v) is 10.7. The summed E-state index contributed by atoms with van der Waals surface area (Å²) in [6, 6.07) is 8.15. The summed E-state index contributed by atoms with van der Waals surface area (Å²) in [5.74, 6) is 0.229. The van der Waals surface area contributed by atoms with Crippen molar-refractivity contribution in [2.75, 3.05) is 18.5 Å². The summed E-state index contributed by atoms with van der Waals surface area (Å²) in [5, 5.41) is 3.47. The minimum absolute atomic E-state index is 0.275. The van der Waals surface area contributed by atoms with Gasteiger partial charge in [-0.1, -0.05) is 18.2 Å². The largest absolute Gasteiger partial charge is 0.382 e. The fourth-order valence-electron chi connectivity index (χ4n) is 2.31. The van der Waals surface area contributed by atoms with Gasteiger partial charge in [0, 0.05) is 24.3 Å². The zero-order valence-electron chi connectivity index (χ0n) is 10.7. The average molecular weight is 248 g/mol. The molecular weight excluding hydrogens is 228 g/mol. The Bertz CT molecular complexity index is 414. The highest BCUT2D eigenvalue weighted by molar-refractivity contribution is 5.78. The van der Waals surface area contributed by atoms with Gasteiger partial charge in [-0.05, 0) is 25.0 Å². The van der Waals surface area contributed by atoms with Crippen molar-refractivity contribution in [3.05, 3.63) is 29.8 Å². The quantitative estimate of drug-likeness (QED) is 0.831. The number of carbonyl (C=O) groups is 1. The summed E-state index contributed by atoms with van der Waals surface area (Å²) in [6.45, 7) is 3.81. The number of ether oxygens (including phenoxy) is 1. The number of para-hydroxylation sites is 1. The van der Waals surface area contributed by atoms with E-state index in [2.05, 4.69) is 12.2 Å². The molecule has 1 aliphatic heterocycles. The third-order valence-corrected chi connectivity index (χ3v) is 3.44. The third-order valence-electron chi connectivity index (χ3n) is 3.44. The SMILES string of the molecule is CC(Nc1ccccc1CC(N)=O)C1CCOC1. The predicted molar refractivity (Wildman–Crippen MR) is 71.4 cm³/mol. The Morgan fingerprint density at radius 2 is 2.33 bits per heavy atom. The number of hydrogen-bond donors (Lipinski definition) is 2. The van der Waals surface area contributed by atoms with Crippen molar-refractivity contribution in [1.82, 2.24) is 0 Å². The van der Waals surface area contributed by atoms with E-state index < -0.39 is 0 Å². The lowest BCUT2D eigenvalue weighted by atomic mass is 9.99. The summed E-state index contributed by atoms with van der Waals surface area (Å²) in [6.07, 6.45) is 1.36. The first-order valence-electron chi connectivity index (χ1n) is 6.37. The zero-order chi connectivity index (χ0) is 13.0. The summed E-state index contributed by atoms with van der Waals surface area (Å²) < 4.78 is 5.40. The molecule has 0 saturated carbocycles. The van der Waals surface area contributed by atoms with Crippen LogP contribution in [0.1, 0.15) is 18.9 Å². The van der Waals surface area contributed by atoms with Crippen LogP contribution in [0.5, 0.6) is 0 Å². The minimum atomic E-state index is -0.305. The van der Waals surface area contributed by atoms with E-state index in [1.165, 1.54) is 0 Å². The fourth-order valence-corrected chi connectivity index (χ4v) is 2.31. The molecule has 1 amide bonds. The number of rotatable bonds is 5. The van der Waals surface area contributed by atoms with Gasteiger partial charge < -0.3 is 15.8 Å². The van der Waals surface area contributed by atoms with Crippen LogP contribution in [0.15, 0.2) is 24.3 Å². The molecule has 1 heterocycles. The van der Waals surface area contributed by atoms with Gasteiger partial charge in [0.15, 0.2) is 0 Å². The van der Waals surface area contributed by atoms with E-state index in [1.54, 1.807) is 0 Å². The van der Waals surface area contributed by atoms with E-state index in [0.717, 1.165) is 30.9 Å². The maximum Gasteiger partial charge on any atom is 0.221 e. The highest BCUT2D eigenvalue weighted by Crippen LogP contribution is 2.22. The second kappa shape index (κ2) is 5.87. The van der Waals surface area contributed by atoms with Gasteiger partial charge in [-0.15, -0.1) is 0 Å². The topological polar surface area (TPSA) is 64.3 Å². The van der Waals surface area contributed by atoms with E-state index in [0.29, 0.717) is 12.0 Å². The molecule has 1 aromatic rings. The molecule has 3 N–H and O–H groups in total. The van der Waals surface area contributed by atoms with E-state index in [1.807, 2.05) is 24.3 Å². The molecule has 98 valence electrons. The molecule has 0 aromatic heterocycles. The third kappa shape index (κ3) is 3.23. The Balaban J connectivity index is 2.05. The van der Waals surface area contributed by atoms with E-state index >= 15 is 0 Å². The number of anilines is 1. The molecule has 0 spiro atoms. The van der Waals surface area contributed by atoms with Crippen LogP contribution in [-0.4, -0.2) is 25.2 Å². The van der Waals surface area contributed by atoms with Gasteiger partial charge in [-0.25, -0.2) is 0 Å². The van der Waals surface area contributed by atoms with Crippen molar-refractivity contribution in [2.45, 2.75) is 25.8 Å². The lowest BCUT2D eigenvalue weighted by Gasteiger charge is -2.22. The number of carbonyl (C=O) groups excluding carboxylic acids is 1. The monoisotopic (exact) mass is 248 g/mol. The molecule has 2 unspecified atom stereocenters. The Morgan fingerprint density at radius 1 is 1.56 bits per heavy atom. The first-order chi connectivity index (χ1) is 8.66. The van der Waals surface area contributed by atoms with Crippen LogP contribution in [0.3, 0.4) is 0 Å². The van der Waals surface area contributed by atoms with Crippen LogP contribution < -0.4 is 11.1 Å². The smallest absolute Gasteiger partial charge is 0.221 e. The fraction of sp³-hybridized carbons (Fsp3) is 0.500. The van der Waals surface area contributed by atoms with Crippen molar-refractivity contribution < 1.29 is 9.53 Å². The highest BCUT2D eigenvalue weighted by Gasteiger charge is 2.22. The van der Waals surface area contributed by atoms with Gasteiger partial charge in [0.05, 0.1) is 13.0 Å². The van der Waals surface area contributed by atoms with Crippen molar-refractivity contribution in [1.29, 1.82) is 0 Å². The first-order valence-corrected chi connectivity index (χ1v) is 6.37. The minimum Gasteiger partial charge on any atom is -0.382 e. The van der Waals surface area contributed by atoms with Gasteiger partial charge in [0.25, 0.3) is 0 Å². The van der Waals surface area contributed by atoms with Crippen molar-refractivity contribution in [3.8, 4) is 0 Å². The number of benzene rings is 1. The van der Waals surface area contributed by atoms with Gasteiger partial charge in [-0.2, -0.15) is 0 Å². The molecule has 2 atom stereocenters. The summed E-state index contributed by atoms with van der Waals surface area (Å²) in [5.41, 5.74) is 7.21. The van der Waals surface area contributed by atoms with Crippen LogP contribution in [0.4, 0.5) is 5.69 Å². The number of hydrogen-bond acceptors (Lipinski definition) is 3. The Hall–Kier alpha value is -1.55. The summed E-state index contributed by atoms with van der Waals surface area (Å²) >= 11 is 0. The molecule has 1 aromatic carbocycles. The molecule has 0 aliphatic carbocycles. The second-order valence-corrected chi connectivity index (χ2v) is 4.86. The van der Waals surface area contributed by atoms with Gasteiger partial charge in [-0.3, -0.25) is 4.79 Å². The maximum absolute atomic E-state index is 11.0. The molecule has 4 heteroatoms. The molecule has 1 saturated heterocycles. The van der Waals surface area contributed by atoms with Gasteiger partial charge in [0.1, 0.15) is 0 Å². The molecule has 0 radical (unpaired) electrons. The second-order valence-electron chi connectivity index (χ2n) is 4.86. The van der Waals surface area contributed by atoms with Crippen molar-refractivity contribution >= 4 is 11.6 Å². The van der Waals surface area contributed by atoms with Crippen molar-refractivity contribution in [3.63, 3.8) is 0 Å². The van der Waals surface area contributed by atoms with E-state index in [4.69, 9.17) is 10.5 Å². The molecule has 1 aliphatic rings. The van der Waals surface area contributed by atoms with Crippen LogP contribution >= 0.6 is 0 Å². The Labute approximate surface area is 108 Å². The molecule has 4 nitrogen and oxygen atoms in total. The lowest BCUT2D eigenvalue weighted by molar-refractivity contribution is -0.117. The van der Waals surface area contributed by atoms with Crippen LogP contribution in [0.25, 0.3) is 0 Å². The molecule has 18 heavy (non-hydrogen) atoms.